The average Bonchev–Trinajstić information content (AvgIpc) is 2.94. The Morgan fingerprint density at radius 1 is 1.53 bits per heavy atom. The van der Waals surface area contributed by atoms with E-state index in [1.54, 1.807) is 12.1 Å². The number of hydrogen-bond acceptors (Lipinski definition) is 5. The topological polar surface area (TPSA) is 92.9 Å². The fourth-order valence-corrected chi connectivity index (χ4v) is 1.76. The predicted molar refractivity (Wildman–Crippen MR) is 64.1 cm³/mol. The van der Waals surface area contributed by atoms with E-state index >= 15 is 0 Å². The fourth-order valence-electron chi connectivity index (χ4n) is 1.76. The summed E-state index contributed by atoms with van der Waals surface area (Å²) in [6, 6.07) is 3.21. The zero-order chi connectivity index (χ0) is 12.5. The van der Waals surface area contributed by atoms with E-state index < -0.39 is 0 Å². The number of carbonyl (C=O) groups excluding carboxylic acids is 1. The summed E-state index contributed by atoms with van der Waals surface area (Å²) in [5.41, 5.74) is 3.03. The van der Waals surface area contributed by atoms with Gasteiger partial charge in [0.15, 0.2) is 11.5 Å². The third kappa shape index (κ3) is 2.71. The summed E-state index contributed by atoms with van der Waals surface area (Å²) in [6.07, 6.45) is 1.16. The van der Waals surface area contributed by atoms with Crippen LogP contribution in [-0.4, -0.2) is 22.6 Å². The molecule has 1 unspecified atom stereocenters. The fraction of sp³-hybridized carbons (Fsp3) is 0.545. The van der Waals surface area contributed by atoms with Crippen LogP contribution in [0.4, 0.5) is 5.82 Å². The molecule has 1 aromatic rings. The minimum Gasteiger partial charge on any atom is -0.350 e. The van der Waals surface area contributed by atoms with Crippen molar-refractivity contribution in [3.05, 3.63) is 17.8 Å². The van der Waals surface area contributed by atoms with E-state index in [9.17, 15) is 4.79 Å². The van der Waals surface area contributed by atoms with E-state index in [0.29, 0.717) is 29.4 Å². The number of nitrogen functional groups attached to an aromatic ring is 1. The second-order valence-electron chi connectivity index (χ2n) is 5.05. The number of nitrogens with two attached hydrogens (primary N) is 1. The Kier molecular flexibility index (Phi) is 2.97. The van der Waals surface area contributed by atoms with E-state index in [2.05, 4.69) is 34.8 Å². The first-order valence-corrected chi connectivity index (χ1v) is 5.61. The molecular formula is C11H17N5O. The number of hydrogen-bond donors (Lipinski definition) is 3. The Bertz CT molecular complexity index is 414. The zero-order valence-corrected chi connectivity index (χ0v) is 10.0. The Hall–Kier alpha value is -1.69. The van der Waals surface area contributed by atoms with Gasteiger partial charge in [-0.25, -0.2) is 5.84 Å². The van der Waals surface area contributed by atoms with Crippen molar-refractivity contribution in [2.24, 2.45) is 17.2 Å². The van der Waals surface area contributed by atoms with Gasteiger partial charge in [-0.05, 0) is 29.9 Å². The minimum absolute atomic E-state index is 0.191. The molecule has 1 fully saturated rings. The monoisotopic (exact) mass is 235 g/mol. The van der Waals surface area contributed by atoms with Crippen LogP contribution >= 0.6 is 0 Å². The lowest BCUT2D eigenvalue weighted by Crippen LogP contribution is -2.27. The van der Waals surface area contributed by atoms with Gasteiger partial charge in [0.25, 0.3) is 5.91 Å². The van der Waals surface area contributed by atoms with Gasteiger partial charge >= 0.3 is 0 Å². The molecule has 0 bridgehead atoms. The van der Waals surface area contributed by atoms with Crippen LogP contribution < -0.4 is 16.6 Å². The SMILES string of the molecule is CC1(C)CC1CNC(=O)c1ccc(NN)nn1. The molecule has 1 atom stereocenters. The maximum atomic E-state index is 11.7. The van der Waals surface area contributed by atoms with Gasteiger partial charge in [-0.3, -0.25) is 4.79 Å². The number of nitrogens with one attached hydrogen (secondary N) is 2. The number of amides is 1. The molecule has 0 aromatic carbocycles. The highest BCUT2D eigenvalue weighted by atomic mass is 16.1. The molecule has 1 amide bonds. The molecule has 1 aliphatic carbocycles. The third-order valence-corrected chi connectivity index (χ3v) is 3.27. The van der Waals surface area contributed by atoms with Gasteiger partial charge in [-0.1, -0.05) is 13.8 Å². The molecule has 1 aliphatic rings. The van der Waals surface area contributed by atoms with Gasteiger partial charge in [0.2, 0.25) is 0 Å². The van der Waals surface area contributed by atoms with Gasteiger partial charge < -0.3 is 10.7 Å². The molecule has 1 heterocycles. The first-order valence-electron chi connectivity index (χ1n) is 5.61. The standard InChI is InChI=1S/C11H17N5O/c1-11(2)5-7(11)6-13-10(17)8-3-4-9(14-12)16-15-8/h3-4,7H,5-6,12H2,1-2H3,(H,13,17)(H,14,16). The number of nitrogens with zero attached hydrogens (tertiary/aromatic N) is 2. The molecule has 6 nitrogen and oxygen atoms in total. The quantitative estimate of drug-likeness (QED) is 0.523. The maximum absolute atomic E-state index is 11.7. The van der Waals surface area contributed by atoms with E-state index in [-0.39, 0.29) is 5.91 Å². The van der Waals surface area contributed by atoms with Crippen LogP contribution in [0.25, 0.3) is 0 Å². The van der Waals surface area contributed by atoms with Crippen LogP contribution in [0, 0.1) is 11.3 Å². The molecule has 17 heavy (non-hydrogen) atoms. The molecule has 4 N–H and O–H groups in total. The molecular weight excluding hydrogens is 218 g/mol. The van der Waals surface area contributed by atoms with Crippen molar-refractivity contribution >= 4 is 11.7 Å². The van der Waals surface area contributed by atoms with Crippen molar-refractivity contribution in [1.82, 2.24) is 15.5 Å². The van der Waals surface area contributed by atoms with Crippen LogP contribution in [0.2, 0.25) is 0 Å². The van der Waals surface area contributed by atoms with Gasteiger partial charge in [-0.2, -0.15) is 0 Å². The summed E-state index contributed by atoms with van der Waals surface area (Å²) in [5.74, 6) is 5.98. The van der Waals surface area contributed by atoms with E-state index in [4.69, 9.17) is 5.84 Å². The molecule has 0 radical (unpaired) electrons. The summed E-state index contributed by atoms with van der Waals surface area (Å²) in [5, 5.41) is 10.4. The molecule has 1 saturated carbocycles. The highest BCUT2D eigenvalue weighted by Crippen LogP contribution is 2.50. The predicted octanol–water partition coefficient (Wildman–Crippen LogP) is 0.538. The molecule has 1 aromatic heterocycles. The van der Waals surface area contributed by atoms with Gasteiger partial charge in [-0.15, -0.1) is 10.2 Å². The van der Waals surface area contributed by atoms with Crippen molar-refractivity contribution < 1.29 is 4.79 Å². The van der Waals surface area contributed by atoms with Crippen LogP contribution in [0.15, 0.2) is 12.1 Å². The lowest BCUT2D eigenvalue weighted by molar-refractivity contribution is 0.0944. The lowest BCUT2D eigenvalue weighted by atomic mass is 10.1. The molecule has 2 rings (SSSR count). The number of carbonyl (C=O) groups is 1. The molecule has 6 heteroatoms. The van der Waals surface area contributed by atoms with Crippen LogP contribution in [0.5, 0.6) is 0 Å². The number of anilines is 1. The molecule has 0 saturated heterocycles. The van der Waals surface area contributed by atoms with Crippen molar-refractivity contribution in [3.63, 3.8) is 0 Å². The van der Waals surface area contributed by atoms with Crippen molar-refractivity contribution in [1.29, 1.82) is 0 Å². The van der Waals surface area contributed by atoms with Crippen LogP contribution in [-0.2, 0) is 0 Å². The second-order valence-corrected chi connectivity index (χ2v) is 5.05. The Morgan fingerprint density at radius 2 is 2.24 bits per heavy atom. The summed E-state index contributed by atoms with van der Waals surface area (Å²) in [7, 11) is 0. The third-order valence-electron chi connectivity index (χ3n) is 3.27. The lowest BCUT2D eigenvalue weighted by Gasteiger charge is -2.06. The van der Waals surface area contributed by atoms with Crippen molar-refractivity contribution in [2.45, 2.75) is 20.3 Å². The largest absolute Gasteiger partial charge is 0.350 e. The summed E-state index contributed by atoms with van der Waals surface area (Å²) >= 11 is 0. The Balaban J connectivity index is 1.87. The normalized spacial score (nSPS) is 20.8. The van der Waals surface area contributed by atoms with Crippen molar-refractivity contribution in [3.8, 4) is 0 Å². The summed E-state index contributed by atoms with van der Waals surface area (Å²) in [6.45, 7) is 5.10. The maximum Gasteiger partial charge on any atom is 0.271 e. The Morgan fingerprint density at radius 3 is 2.71 bits per heavy atom. The van der Waals surface area contributed by atoms with Gasteiger partial charge in [0.1, 0.15) is 0 Å². The average molecular weight is 235 g/mol. The first-order chi connectivity index (χ1) is 8.03. The highest BCUT2D eigenvalue weighted by molar-refractivity contribution is 5.92. The minimum atomic E-state index is -0.191. The van der Waals surface area contributed by atoms with Gasteiger partial charge in [0.05, 0.1) is 0 Å². The number of hydrazine groups is 1. The second kappa shape index (κ2) is 4.29. The highest BCUT2D eigenvalue weighted by Gasteiger charge is 2.45. The first kappa shape index (κ1) is 11.8. The number of aromatic nitrogens is 2. The Labute approximate surface area is 100.0 Å². The van der Waals surface area contributed by atoms with Crippen LogP contribution in [0.1, 0.15) is 30.8 Å². The summed E-state index contributed by atoms with van der Waals surface area (Å²) < 4.78 is 0. The molecule has 92 valence electrons. The van der Waals surface area contributed by atoms with E-state index in [1.807, 2.05) is 0 Å². The number of rotatable bonds is 4. The van der Waals surface area contributed by atoms with Gasteiger partial charge in [0, 0.05) is 6.54 Å². The zero-order valence-electron chi connectivity index (χ0n) is 10.0. The molecule has 0 spiro atoms. The van der Waals surface area contributed by atoms with E-state index in [1.165, 1.54) is 0 Å². The summed E-state index contributed by atoms with van der Waals surface area (Å²) in [4.78, 5) is 11.7. The van der Waals surface area contributed by atoms with Crippen LogP contribution in [0.3, 0.4) is 0 Å². The van der Waals surface area contributed by atoms with Crippen molar-refractivity contribution in [2.75, 3.05) is 12.0 Å². The smallest absolute Gasteiger partial charge is 0.271 e. The molecule has 0 aliphatic heterocycles. The van der Waals surface area contributed by atoms with E-state index in [0.717, 1.165) is 6.42 Å².